The van der Waals surface area contributed by atoms with Gasteiger partial charge in [-0.1, -0.05) is 18.2 Å². The summed E-state index contributed by atoms with van der Waals surface area (Å²) in [5.74, 6) is 2.53. The molecule has 1 aromatic heterocycles. The number of rotatable bonds is 6. The predicted octanol–water partition coefficient (Wildman–Crippen LogP) is 4.34. The van der Waals surface area contributed by atoms with E-state index in [1.807, 2.05) is 56.0 Å². The Morgan fingerprint density at radius 2 is 2.08 bits per heavy atom. The average molecular weight is 342 g/mol. The molecular weight excluding hydrogens is 316 g/mol. The third-order valence-electron chi connectivity index (χ3n) is 4.67. The van der Waals surface area contributed by atoms with Gasteiger partial charge < -0.3 is 19.4 Å². The summed E-state index contributed by atoms with van der Waals surface area (Å²) in [6, 6.07) is 10.0. The minimum absolute atomic E-state index is 0.0424. The summed E-state index contributed by atoms with van der Waals surface area (Å²) < 4.78 is 11.0. The highest BCUT2D eigenvalue weighted by molar-refractivity contribution is 5.75. The molecule has 25 heavy (non-hydrogen) atoms. The van der Waals surface area contributed by atoms with Gasteiger partial charge in [-0.15, -0.1) is 0 Å². The number of hydrogen-bond acceptors (Lipinski definition) is 3. The number of nitrogens with zero attached hydrogens (tertiary/aromatic N) is 1. The number of ether oxygens (including phenoxy) is 1. The van der Waals surface area contributed by atoms with Crippen LogP contribution in [-0.4, -0.2) is 24.1 Å². The number of nitrogens with one attached hydrogen (secondary N) is 1. The maximum Gasteiger partial charge on any atom is 0.318 e. The molecule has 134 valence electrons. The molecule has 1 aliphatic carbocycles. The van der Waals surface area contributed by atoms with Crippen LogP contribution in [0.15, 0.2) is 34.7 Å². The Kier molecular flexibility index (Phi) is 5.02. The summed E-state index contributed by atoms with van der Waals surface area (Å²) in [5.41, 5.74) is 2.05. The largest absolute Gasteiger partial charge is 0.496 e. The molecule has 0 bridgehead atoms. The van der Waals surface area contributed by atoms with Gasteiger partial charge in [0.05, 0.1) is 19.7 Å². The Morgan fingerprint density at radius 3 is 2.68 bits per heavy atom. The van der Waals surface area contributed by atoms with Gasteiger partial charge in [-0.25, -0.2) is 4.79 Å². The van der Waals surface area contributed by atoms with E-state index in [4.69, 9.17) is 9.15 Å². The fourth-order valence-corrected chi connectivity index (χ4v) is 3.20. The van der Waals surface area contributed by atoms with E-state index in [1.54, 1.807) is 7.11 Å². The van der Waals surface area contributed by atoms with Crippen LogP contribution in [0.5, 0.6) is 5.75 Å². The number of urea groups is 1. The first kappa shape index (κ1) is 17.4. The second-order valence-corrected chi connectivity index (χ2v) is 6.71. The summed E-state index contributed by atoms with van der Waals surface area (Å²) in [5, 5.41) is 3.12. The molecule has 0 saturated heterocycles. The minimum Gasteiger partial charge on any atom is -0.496 e. The van der Waals surface area contributed by atoms with Crippen LogP contribution in [0.3, 0.4) is 0 Å². The van der Waals surface area contributed by atoms with E-state index in [9.17, 15) is 4.79 Å². The van der Waals surface area contributed by atoms with Crippen LogP contribution in [0.2, 0.25) is 0 Å². The second kappa shape index (κ2) is 7.21. The summed E-state index contributed by atoms with van der Waals surface area (Å²) >= 11 is 0. The molecule has 2 amide bonds. The Labute approximate surface area is 149 Å². The van der Waals surface area contributed by atoms with E-state index in [0.29, 0.717) is 12.6 Å². The number of benzene rings is 1. The highest BCUT2D eigenvalue weighted by Crippen LogP contribution is 2.31. The fraction of sp³-hybridized carbons (Fsp3) is 0.450. The van der Waals surface area contributed by atoms with Crippen molar-refractivity contribution in [3.8, 4) is 5.75 Å². The molecule has 0 spiro atoms. The van der Waals surface area contributed by atoms with E-state index >= 15 is 0 Å². The summed E-state index contributed by atoms with van der Waals surface area (Å²) in [6.45, 7) is 6.39. The number of hydrogen-bond donors (Lipinski definition) is 1. The van der Waals surface area contributed by atoms with Crippen molar-refractivity contribution in [1.82, 2.24) is 10.2 Å². The molecule has 1 N–H and O–H groups in total. The third kappa shape index (κ3) is 3.98. The number of carbonyl (C=O) groups excluding carboxylic acids is 1. The molecule has 0 aliphatic heterocycles. The van der Waals surface area contributed by atoms with Crippen molar-refractivity contribution in [2.24, 2.45) is 0 Å². The molecule has 1 fully saturated rings. The zero-order valence-corrected chi connectivity index (χ0v) is 15.3. The lowest BCUT2D eigenvalue weighted by Gasteiger charge is -2.26. The van der Waals surface area contributed by atoms with Gasteiger partial charge in [-0.2, -0.15) is 0 Å². The number of carbonyl (C=O) groups is 1. The van der Waals surface area contributed by atoms with Gasteiger partial charge in [-0.05, 0) is 45.7 Å². The lowest BCUT2D eigenvalue weighted by Crippen LogP contribution is -2.42. The second-order valence-electron chi connectivity index (χ2n) is 6.71. The van der Waals surface area contributed by atoms with Crippen LogP contribution < -0.4 is 10.1 Å². The Bertz CT molecular complexity index is 749. The van der Waals surface area contributed by atoms with Crippen LogP contribution in [0.4, 0.5) is 4.79 Å². The van der Waals surface area contributed by atoms with Gasteiger partial charge in [0.25, 0.3) is 0 Å². The number of furan rings is 1. The van der Waals surface area contributed by atoms with Crippen molar-refractivity contribution in [2.75, 3.05) is 7.11 Å². The number of amides is 2. The molecule has 0 radical (unpaired) electrons. The number of methoxy groups -OCH3 is 1. The van der Waals surface area contributed by atoms with Gasteiger partial charge in [0.15, 0.2) is 0 Å². The molecule has 1 saturated carbocycles. The SMILES string of the molecule is COc1ccccc1CN(C(=O)NC(C)c1cc(C)oc1C)C1CC1. The van der Waals surface area contributed by atoms with Crippen molar-refractivity contribution in [1.29, 1.82) is 0 Å². The van der Waals surface area contributed by atoms with E-state index in [1.165, 1.54) is 0 Å². The van der Waals surface area contributed by atoms with Crippen LogP contribution >= 0.6 is 0 Å². The van der Waals surface area contributed by atoms with Crippen molar-refractivity contribution in [3.05, 3.63) is 53.0 Å². The van der Waals surface area contributed by atoms with Gasteiger partial charge >= 0.3 is 6.03 Å². The monoisotopic (exact) mass is 342 g/mol. The minimum atomic E-state index is -0.0936. The van der Waals surface area contributed by atoms with Gasteiger partial charge in [0, 0.05) is 17.2 Å². The average Bonchev–Trinajstić information content (AvgIpc) is 3.36. The van der Waals surface area contributed by atoms with E-state index < -0.39 is 0 Å². The first-order valence-corrected chi connectivity index (χ1v) is 8.75. The van der Waals surface area contributed by atoms with E-state index in [2.05, 4.69) is 5.32 Å². The van der Waals surface area contributed by atoms with Crippen LogP contribution in [-0.2, 0) is 6.54 Å². The molecule has 1 atom stereocenters. The van der Waals surface area contributed by atoms with Gasteiger partial charge in [-0.3, -0.25) is 0 Å². The Hall–Kier alpha value is -2.43. The zero-order chi connectivity index (χ0) is 18.0. The lowest BCUT2D eigenvalue weighted by molar-refractivity contribution is 0.188. The molecule has 1 aliphatic rings. The molecule has 5 nitrogen and oxygen atoms in total. The smallest absolute Gasteiger partial charge is 0.318 e. The Balaban J connectivity index is 1.72. The molecule has 5 heteroatoms. The van der Waals surface area contributed by atoms with Gasteiger partial charge in [0.2, 0.25) is 0 Å². The first-order valence-electron chi connectivity index (χ1n) is 8.75. The summed E-state index contributed by atoms with van der Waals surface area (Å²) in [6.07, 6.45) is 2.11. The fourth-order valence-electron chi connectivity index (χ4n) is 3.20. The molecule has 2 aromatic rings. The van der Waals surface area contributed by atoms with E-state index in [-0.39, 0.29) is 12.1 Å². The number of para-hydroxylation sites is 1. The lowest BCUT2D eigenvalue weighted by atomic mass is 10.1. The maximum atomic E-state index is 12.9. The van der Waals surface area contributed by atoms with E-state index in [0.717, 1.165) is 41.2 Å². The standard InChI is InChI=1S/C20H26N2O3/c1-13-11-18(15(3)25-13)14(2)21-20(23)22(17-9-10-17)12-16-7-5-6-8-19(16)24-4/h5-8,11,14,17H,9-10,12H2,1-4H3,(H,21,23). The molecule has 1 unspecified atom stereocenters. The predicted molar refractivity (Wildman–Crippen MR) is 96.7 cm³/mol. The van der Waals surface area contributed by atoms with Crippen molar-refractivity contribution in [2.45, 2.75) is 52.2 Å². The van der Waals surface area contributed by atoms with Crippen LogP contribution in [0, 0.1) is 13.8 Å². The topological polar surface area (TPSA) is 54.7 Å². The summed E-state index contributed by atoms with van der Waals surface area (Å²) in [7, 11) is 1.66. The molecular formula is C20H26N2O3. The molecule has 3 rings (SSSR count). The first-order chi connectivity index (χ1) is 12.0. The van der Waals surface area contributed by atoms with Crippen LogP contribution in [0.25, 0.3) is 0 Å². The number of aryl methyl sites for hydroxylation is 2. The highest BCUT2D eigenvalue weighted by Gasteiger charge is 2.33. The third-order valence-corrected chi connectivity index (χ3v) is 4.67. The van der Waals surface area contributed by atoms with Crippen molar-refractivity contribution < 1.29 is 13.9 Å². The highest BCUT2D eigenvalue weighted by atomic mass is 16.5. The quantitative estimate of drug-likeness (QED) is 0.849. The zero-order valence-electron chi connectivity index (χ0n) is 15.3. The molecule has 1 aromatic carbocycles. The van der Waals surface area contributed by atoms with Crippen molar-refractivity contribution >= 4 is 6.03 Å². The molecule has 1 heterocycles. The van der Waals surface area contributed by atoms with Crippen LogP contribution in [0.1, 0.15) is 48.5 Å². The normalized spacial score (nSPS) is 14.9. The Morgan fingerprint density at radius 1 is 1.36 bits per heavy atom. The maximum absolute atomic E-state index is 12.9. The summed E-state index contributed by atoms with van der Waals surface area (Å²) in [4.78, 5) is 14.8. The van der Waals surface area contributed by atoms with Gasteiger partial charge in [0.1, 0.15) is 17.3 Å². The van der Waals surface area contributed by atoms with Crippen molar-refractivity contribution in [3.63, 3.8) is 0 Å².